The lowest BCUT2D eigenvalue weighted by molar-refractivity contribution is -0.119. The maximum absolute atomic E-state index is 13.3. The van der Waals surface area contributed by atoms with Crippen LogP contribution in [0.25, 0.3) is 0 Å². The van der Waals surface area contributed by atoms with Gasteiger partial charge in [0, 0.05) is 18.5 Å². The number of hydrogen-bond donors (Lipinski definition) is 1. The van der Waals surface area contributed by atoms with Crippen molar-refractivity contribution in [3.63, 3.8) is 0 Å². The van der Waals surface area contributed by atoms with Crippen LogP contribution in [0.1, 0.15) is 55.9 Å². The molecule has 0 radical (unpaired) electrons. The van der Waals surface area contributed by atoms with Crippen molar-refractivity contribution in [2.45, 2.75) is 61.8 Å². The molecule has 2 aromatic rings. The van der Waals surface area contributed by atoms with Crippen molar-refractivity contribution in [3.8, 4) is 11.5 Å². The van der Waals surface area contributed by atoms with E-state index in [-0.39, 0.29) is 17.3 Å². The van der Waals surface area contributed by atoms with E-state index >= 15 is 0 Å². The van der Waals surface area contributed by atoms with Crippen molar-refractivity contribution in [3.05, 3.63) is 23.2 Å². The minimum absolute atomic E-state index is 0.0605. The number of rotatable bonds is 7. The summed E-state index contributed by atoms with van der Waals surface area (Å²) < 4.78 is 38.3. The average Bonchev–Trinajstić information content (AvgIpc) is 3.49. The molecule has 0 spiro atoms. The van der Waals surface area contributed by atoms with Crippen LogP contribution in [-0.2, 0) is 14.8 Å². The molecule has 1 N–H and O–H groups in total. The first-order valence-electron chi connectivity index (χ1n) is 10.8. The first-order valence-corrected chi connectivity index (χ1v) is 13.1. The number of nitrogens with zero attached hydrogens (tertiary/aromatic N) is 3. The second-order valence-electron chi connectivity index (χ2n) is 8.06. The molecule has 1 atom stereocenters. The highest BCUT2D eigenvalue weighted by atomic mass is 32.2. The van der Waals surface area contributed by atoms with Crippen LogP contribution < -0.4 is 14.8 Å². The fourth-order valence-electron chi connectivity index (χ4n) is 4.39. The third-order valence-corrected chi connectivity index (χ3v) is 9.00. The topological polar surface area (TPSA) is 111 Å². The van der Waals surface area contributed by atoms with Crippen LogP contribution >= 0.6 is 11.3 Å². The Kier molecular flexibility index (Phi) is 6.96. The van der Waals surface area contributed by atoms with Crippen LogP contribution in [0.3, 0.4) is 0 Å². The first-order chi connectivity index (χ1) is 15.4. The number of ether oxygens (including phenoxy) is 2. The third-order valence-electron chi connectivity index (χ3n) is 6.09. The van der Waals surface area contributed by atoms with Gasteiger partial charge >= 0.3 is 0 Å². The Morgan fingerprint density at radius 1 is 1.06 bits per heavy atom. The summed E-state index contributed by atoms with van der Waals surface area (Å²) in [5.41, 5.74) is 0. The Bertz CT molecular complexity index is 1070. The molecule has 174 valence electrons. The van der Waals surface area contributed by atoms with E-state index in [2.05, 4.69) is 15.5 Å². The summed E-state index contributed by atoms with van der Waals surface area (Å²) in [5.74, 6) is 0.781. The van der Waals surface area contributed by atoms with Crippen molar-refractivity contribution in [2.24, 2.45) is 0 Å². The number of carbonyl (C=O) groups excluding carboxylic acids is 1. The average molecular weight is 481 g/mol. The molecule has 9 nitrogen and oxygen atoms in total. The zero-order valence-electron chi connectivity index (χ0n) is 18.2. The number of carbonyl (C=O) groups is 1. The Balaban J connectivity index is 1.49. The van der Waals surface area contributed by atoms with Crippen molar-refractivity contribution >= 4 is 32.4 Å². The van der Waals surface area contributed by atoms with Gasteiger partial charge in [-0.2, -0.15) is 4.31 Å². The van der Waals surface area contributed by atoms with Crippen molar-refractivity contribution in [1.29, 1.82) is 0 Å². The number of benzene rings is 1. The fourth-order valence-corrected chi connectivity index (χ4v) is 6.98. The predicted octanol–water partition coefficient (Wildman–Crippen LogP) is 3.39. The number of anilines is 1. The van der Waals surface area contributed by atoms with Crippen LogP contribution in [0.15, 0.2) is 23.1 Å². The van der Waals surface area contributed by atoms with Gasteiger partial charge in [-0.1, -0.05) is 30.6 Å². The zero-order chi connectivity index (χ0) is 22.7. The summed E-state index contributed by atoms with van der Waals surface area (Å²) in [6.45, 7) is 0.276. The molecule has 1 saturated heterocycles. The highest BCUT2D eigenvalue weighted by Crippen LogP contribution is 2.36. The molecular weight excluding hydrogens is 452 g/mol. The van der Waals surface area contributed by atoms with Crippen LogP contribution in [-0.4, -0.2) is 55.6 Å². The second-order valence-corrected chi connectivity index (χ2v) is 11.0. The largest absolute Gasteiger partial charge is 0.493 e. The van der Waals surface area contributed by atoms with Gasteiger partial charge in [-0.3, -0.25) is 10.1 Å². The quantitative estimate of drug-likeness (QED) is 0.647. The Morgan fingerprint density at radius 3 is 2.53 bits per heavy atom. The van der Waals surface area contributed by atoms with Gasteiger partial charge in [-0.05, 0) is 37.8 Å². The number of hydrogen-bond acceptors (Lipinski definition) is 8. The number of methoxy groups -OCH3 is 2. The minimum atomic E-state index is -3.89. The molecule has 11 heteroatoms. The van der Waals surface area contributed by atoms with Gasteiger partial charge < -0.3 is 9.47 Å². The van der Waals surface area contributed by atoms with Gasteiger partial charge in [0.15, 0.2) is 11.5 Å². The number of amides is 1. The third kappa shape index (κ3) is 4.60. The molecule has 32 heavy (non-hydrogen) atoms. The summed E-state index contributed by atoms with van der Waals surface area (Å²) in [6.07, 6.45) is 6.89. The molecule has 1 saturated carbocycles. The highest BCUT2D eigenvalue weighted by Gasteiger charge is 2.40. The van der Waals surface area contributed by atoms with E-state index in [1.165, 1.54) is 61.3 Å². The van der Waals surface area contributed by atoms with E-state index in [9.17, 15) is 13.2 Å². The summed E-state index contributed by atoms with van der Waals surface area (Å²) in [5, 5.41) is 12.6. The molecule has 1 aromatic carbocycles. The maximum atomic E-state index is 13.3. The van der Waals surface area contributed by atoms with E-state index in [0.717, 1.165) is 17.8 Å². The van der Waals surface area contributed by atoms with E-state index in [1.54, 1.807) is 6.07 Å². The second kappa shape index (κ2) is 9.72. The lowest BCUT2D eigenvalue weighted by atomic mass is 9.90. The molecule has 1 aliphatic carbocycles. The normalized spacial score (nSPS) is 20.2. The standard InChI is InChI=1S/C21H28N4O5S2/c1-29-17-11-10-15(13-18(17)30-2)32(27,28)25-12-6-9-16(25)19(26)22-21-24-23-20(31-21)14-7-4-3-5-8-14/h10-11,13-14,16H,3-9,12H2,1-2H3,(H,22,24,26). The Morgan fingerprint density at radius 2 is 1.81 bits per heavy atom. The van der Waals surface area contributed by atoms with Gasteiger partial charge in [0.25, 0.3) is 0 Å². The van der Waals surface area contributed by atoms with Crippen LogP contribution in [0.4, 0.5) is 5.13 Å². The molecule has 2 heterocycles. The van der Waals surface area contributed by atoms with Crippen LogP contribution in [0.2, 0.25) is 0 Å². The number of aromatic nitrogens is 2. The molecule has 0 bridgehead atoms. The molecule has 2 fully saturated rings. The first kappa shape index (κ1) is 22.9. The molecule has 1 aliphatic heterocycles. The van der Waals surface area contributed by atoms with Gasteiger partial charge in [0.05, 0.1) is 19.1 Å². The monoisotopic (exact) mass is 480 g/mol. The minimum Gasteiger partial charge on any atom is -0.493 e. The lowest BCUT2D eigenvalue weighted by Gasteiger charge is -2.23. The molecule has 4 rings (SSSR count). The van der Waals surface area contributed by atoms with E-state index in [1.807, 2.05) is 0 Å². The highest BCUT2D eigenvalue weighted by molar-refractivity contribution is 7.89. The molecular formula is C21H28N4O5S2. The van der Waals surface area contributed by atoms with Crippen LogP contribution in [0.5, 0.6) is 11.5 Å². The fraction of sp³-hybridized carbons (Fsp3) is 0.571. The maximum Gasteiger partial charge on any atom is 0.244 e. The van der Waals surface area contributed by atoms with Gasteiger partial charge in [-0.15, -0.1) is 10.2 Å². The number of sulfonamides is 1. The molecule has 1 aromatic heterocycles. The van der Waals surface area contributed by atoms with E-state index < -0.39 is 16.1 Å². The van der Waals surface area contributed by atoms with Crippen molar-refractivity contribution in [1.82, 2.24) is 14.5 Å². The summed E-state index contributed by atoms with van der Waals surface area (Å²) >= 11 is 1.39. The zero-order valence-corrected chi connectivity index (χ0v) is 19.9. The van der Waals surface area contributed by atoms with E-state index in [4.69, 9.17) is 9.47 Å². The van der Waals surface area contributed by atoms with Crippen LogP contribution in [0, 0.1) is 0 Å². The molecule has 2 aliphatic rings. The van der Waals surface area contributed by atoms with E-state index in [0.29, 0.717) is 35.4 Å². The lowest BCUT2D eigenvalue weighted by Crippen LogP contribution is -2.43. The smallest absolute Gasteiger partial charge is 0.244 e. The SMILES string of the molecule is COc1ccc(S(=O)(=O)N2CCCC2C(=O)Nc2nnc(C3CCCCC3)s2)cc1OC. The van der Waals surface area contributed by atoms with Crippen molar-refractivity contribution < 1.29 is 22.7 Å². The summed E-state index contributed by atoms with van der Waals surface area (Å²) in [7, 11) is -0.956. The molecule has 1 amide bonds. The van der Waals surface area contributed by atoms with Crippen molar-refractivity contribution in [2.75, 3.05) is 26.1 Å². The van der Waals surface area contributed by atoms with Gasteiger partial charge in [0.1, 0.15) is 11.0 Å². The summed E-state index contributed by atoms with van der Waals surface area (Å²) in [6, 6.07) is 3.63. The predicted molar refractivity (Wildman–Crippen MR) is 121 cm³/mol. The number of nitrogens with one attached hydrogen (secondary N) is 1. The Labute approximate surface area is 192 Å². The molecule has 1 unspecified atom stereocenters. The van der Waals surface area contributed by atoms with Gasteiger partial charge in [0.2, 0.25) is 21.1 Å². The van der Waals surface area contributed by atoms with Gasteiger partial charge in [-0.25, -0.2) is 8.42 Å². The summed E-state index contributed by atoms with van der Waals surface area (Å²) in [4.78, 5) is 13.0. The Hall–Kier alpha value is -2.24.